The molecule has 1 atom stereocenters. The quantitative estimate of drug-likeness (QED) is 0.740. The van der Waals surface area contributed by atoms with Crippen LogP contribution in [0, 0.1) is 5.41 Å². The molecule has 3 nitrogen and oxygen atoms in total. The number of hydrogen-bond acceptors (Lipinski definition) is 2. The first-order valence-corrected chi connectivity index (χ1v) is 5.48. The van der Waals surface area contributed by atoms with E-state index in [1.165, 1.54) is 0 Å². The number of carbonyl (C=O) groups is 1. The van der Waals surface area contributed by atoms with E-state index in [1.54, 1.807) is 0 Å². The molecule has 82 valence electrons. The summed E-state index contributed by atoms with van der Waals surface area (Å²) in [7, 11) is 1.96. The van der Waals surface area contributed by atoms with E-state index in [-0.39, 0.29) is 5.41 Å². The zero-order valence-corrected chi connectivity index (χ0v) is 9.76. The van der Waals surface area contributed by atoms with Gasteiger partial charge in [-0.15, -0.1) is 0 Å². The average molecular weight is 198 g/mol. The molecule has 1 amide bonds. The van der Waals surface area contributed by atoms with Crippen molar-refractivity contribution in [2.24, 2.45) is 5.41 Å². The Morgan fingerprint density at radius 3 is 2.64 bits per heavy atom. The Bertz CT molecular complexity index is 213. The van der Waals surface area contributed by atoms with Crippen LogP contribution in [0.25, 0.3) is 0 Å². The molecule has 0 aliphatic carbocycles. The van der Waals surface area contributed by atoms with Gasteiger partial charge in [-0.3, -0.25) is 4.79 Å². The predicted octanol–water partition coefficient (Wildman–Crippen LogP) is 1.24. The van der Waals surface area contributed by atoms with E-state index < -0.39 is 0 Å². The van der Waals surface area contributed by atoms with Crippen LogP contribution in [0.5, 0.6) is 0 Å². The smallest absolute Gasteiger partial charge is 0.228 e. The lowest BCUT2D eigenvalue weighted by Gasteiger charge is -2.28. The van der Waals surface area contributed by atoms with Crippen LogP contribution in [0.4, 0.5) is 0 Å². The number of carbonyl (C=O) groups excluding carboxylic acids is 1. The minimum Gasteiger partial charge on any atom is -0.341 e. The molecule has 1 unspecified atom stereocenters. The van der Waals surface area contributed by atoms with E-state index in [2.05, 4.69) is 12.2 Å². The Labute approximate surface area is 86.9 Å². The highest BCUT2D eigenvalue weighted by atomic mass is 16.2. The van der Waals surface area contributed by atoms with E-state index in [0.717, 1.165) is 25.9 Å². The van der Waals surface area contributed by atoms with Gasteiger partial charge in [-0.1, -0.05) is 20.8 Å². The van der Waals surface area contributed by atoms with Crippen LogP contribution < -0.4 is 5.32 Å². The minimum atomic E-state index is -0.192. The summed E-state index contributed by atoms with van der Waals surface area (Å²) in [5.41, 5.74) is -0.192. The van der Waals surface area contributed by atoms with E-state index in [9.17, 15) is 4.79 Å². The first-order chi connectivity index (χ1) is 6.51. The van der Waals surface area contributed by atoms with Crippen molar-refractivity contribution in [2.75, 3.05) is 20.1 Å². The number of hydrogen-bond donors (Lipinski definition) is 1. The number of nitrogens with one attached hydrogen (secondary N) is 1. The maximum atomic E-state index is 12.1. The fraction of sp³-hybridized carbons (Fsp3) is 0.909. The highest BCUT2D eigenvalue weighted by Gasteiger charge is 2.33. The van der Waals surface area contributed by atoms with E-state index in [4.69, 9.17) is 0 Å². The summed E-state index contributed by atoms with van der Waals surface area (Å²) >= 11 is 0. The number of amides is 1. The number of nitrogens with zero attached hydrogens (tertiary/aromatic N) is 1. The standard InChI is InChI=1S/C11H22N2O/c1-5-11(2,3)10(14)13-7-6-9(8-13)12-4/h9,12H,5-8H2,1-4H3. The average Bonchev–Trinajstić information content (AvgIpc) is 2.64. The SMILES string of the molecule is CCC(C)(C)C(=O)N1CCC(NC)C1. The molecule has 0 saturated carbocycles. The Hall–Kier alpha value is -0.570. The summed E-state index contributed by atoms with van der Waals surface area (Å²) in [5, 5.41) is 3.22. The molecule has 3 heteroatoms. The summed E-state index contributed by atoms with van der Waals surface area (Å²) in [6.45, 7) is 7.92. The molecule has 0 radical (unpaired) electrons. The van der Waals surface area contributed by atoms with E-state index >= 15 is 0 Å². The van der Waals surface area contributed by atoms with Crippen LogP contribution in [0.3, 0.4) is 0 Å². The molecule has 0 spiro atoms. The molecule has 0 aromatic heterocycles. The Morgan fingerprint density at radius 1 is 1.57 bits per heavy atom. The van der Waals surface area contributed by atoms with Crippen molar-refractivity contribution in [1.82, 2.24) is 10.2 Å². The largest absolute Gasteiger partial charge is 0.341 e. The number of likely N-dealkylation sites (tertiary alicyclic amines) is 1. The highest BCUT2D eigenvalue weighted by Crippen LogP contribution is 2.25. The summed E-state index contributed by atoms with van der Waals surface area (Å²) in [4.78, 5) is 14.0. The zero-order valence-electron chi connectivity index (χ0n) is 9.76. The summed E-state index contributed by atoms with van der Waals surface area (Å²) < 4.78 is 0. The minimum absolute atomic E-state index is 0.192. The van der Waals surface area contributed by atoms with Gasteiger partial charge in [0.25, 0.3) is 0 Å². The van der Waals surface area contributed by atoms with Gasteiger partial charge in [0.05, 0.1) is 0 Å². The molecule has 0 aromatic carbocycles. The van der Waals surface area contributed by atoms with Crippen molar-refractivity contribution in [3.05, 3.63) is 0 Å². The number of rotatable bonds is 3. The Kier molecular flexibility index (Phi) is 3.53. The van der Waals surface area contributed by atoms with Gasteiger partial charge < -0.3 is 10.2 Å². The van der Waals surface area contributed by atoms with Gasteiger partial charge in [0.15, 0.2) is 0 Å². The molecule has 1 rings (SSSR count). The van der Waals surface area contributed by atoms with Crippen LogP contribution in [0.1, 0.15) is 33.6 Å². The molecule has 1 fully saturated rings. The molecule has 1 saturated heterocycles. The van der Waals surface area contributed by atoms with Crippen LogP contribution in [-0.4, -0.2) is 37.0 Å². The summed E-state index contributed by atoms with van der Waals surface area (Å²) in [6, 6.07) is 0.492. The Balaban J connectivity index is 2.55. The van der Waals surface area contributed by atoms with Crippen molar-refractivity contribution in [1.29, 1.82) is 0 Å². The summed E-state index contributed by atoms with van der Waals surface area (Å²) in [5.74, 6) is 0.303. The summed E-state index contributed by atoms with van der Waals surface area (Å²) in [6.07, 6.45) is 1.99. The second-order valence-electron chi connectivity index (χ2n) is 4.76. The lowest BCUT2D eigenvalue weighted by molar-refractivity contribution is -0.139. The molecule has 1 aliphatic heterocycles. The first-order valence-electron chi connectivity index (χ1n) is 5.48. The van der Waals surface area contributed by atoms with Crippen LogP contribution >= 0.6 is 0 Å². The van der Waals surface area contributed by atoms with Gasteiger partial charge in [0.1, 0.15) is 0 Å². The van der Waals surface area contributed by atoms with Gasteiger partial charge in [-0.05, 0) is 19.9 Å². The second kappa shape index (κ2) is 4.30. The van der Waals surface area contributed by atoms with Crippen molar-refractivity contribution in [2.45, 2.75) is 39.7 Å². The van der Waals surface area contributed by atoms with E-state index in [0.29, 0.717) is 11.9 Å². The van der Waals surface area contributed by atoms with Crippen LogP contribution in [-0.2, 0) is 4.79 Å². The van der Waals surface area contributed by atoms with Crippen LogP contribution in [0.2, 0.25) is 0 Å². The molecule has 14 heavy (non-hydrogen) atoms. The monoisotopic (exact) mass is 198 g/mol. The van der Waals surface area contributed by atoms with Crippen molar-refractivity contribution < 1.29 is 4.79 Å². The second-order valence-corrected chi connectivity index (χ2v) is 4.76. The lowest BCUT2D eigenvalue weighted by Crippen LogP contribution is -2.40. The third-order valence-corrected chi connectivity index (χ3v) is 3.35. The highest BCUT2D eigenvalue weighted by molar-refractivity contribution is 5.82. The molecule has 1 N–H and O–H groups in total. The molecule has 0 bridgehead atoms. The van der Waals surface area contributed by atoms with Crippen molar-refractivity contribution >= 4 is 5.91 Å². The fourth-order valence-corrected chi connectivity index (χ4v) is 1.76. The van der Waals surface area contributed by atoms with Crippen LogP contribution in [0.15, 0.2) is 0 Å². The van der Waals surface area contributed by atoms with Gasteiger partial charge in [0.2, 0.25) is 5.91 Å². The molecular formula is C11H22N2O. The molecular weight excluding hydrogens is 176 g/mol. The Morgan fingerprint density at radius 2 is 2.21 bits per heavy atom. The van der Waals surface area contributed by atoms with Gasteiger partial charge in [-0.2, -0.15) is 0 Å². The molecule has 1 aliphatic rings. The van der Waals surface area contributed by atoms with Crippen molar-refractivity contribution in [3.8, 4) is 0 Å². The topological polar surface area (TPSA) is 32.3 Å². The van der Waals surface area contributed by atoms with E-state index in [1.807, 2.05) is 25.8 Å². The molecule has 1 heterocycles. The van der Waals surface area contributed by atoms with Gasteiger partial charge >= 0.3 is 0 Å². The normalized spacial score (nSPS) is 22.9. The van der Waals surface area contributed by atoms with Crippen molar-refractivity contribution in [3.63, 3.8) is 0 Å². The maximum absolute atomic E-state index is 12.1. The lowest BCUT2D eigenvalue weighted by atomic mass is 9.89. The number of likely N-dealkylation sites (N-methyl/N-ethyl adjacent to an activating group) is 1. The third-order valence-electron chi connectivity index (χ3n) is 3.35. The third kappa shape index (κ3) is 2.27. The molecule has 0 aromatic rings. The van der Waals surface area contributed by atoms with Gasteiger partial charge in [0, 0.05) is 24.5 Å². The maximum Gasteiger partial charge on any atom is 0.228 e. The van der Waals surface area contributed by atoms with Gasteiger partial charge in [-0.25, -0.2) is 0 Å². The fourth-order valence-electron chi connectivity index (χ4n) is 1.76. The zero-order chi connectivity index (χ0) is 10.8. The predicted molar refractivity (Wildman–Crippen MR) is 58.1 cm³/mol. The first kappa shape index (κ1) is 11.5.